The Morgan fingerprint density at radius 1 is 1.18 bits per heavy atom. The van der Waals surface area contributed by atoms with Crippen LogP contribution in [0.4, 0.5) is 0 Å². The molecular weight excluding hydrogens is 212 g/mol. The van der Waals surface area contributed by atoms with E-state index in [4.69, 9.17) is 0 Å². The van der Waals surface area contributed by atoms with Crippen LogP contribution in [0.5, 0.6) is 0 Å². The van der Waals surface area contributed by atoms with Crippen molar-refractivity contribution in [3.8, 4) is 0 Å². The molecule has 0 radical (unpaired) electrons. The Morgan fingerprint density at radius 3 is 1.91 bits per heavy atom. The number of benzene rings is 1. The Bertz CT molecular complexity index is 172. The first-order chi connectivity index (χ1) is 4.30. The summed E-state index contributed by atoms with van der Waals surface area (Å²) in [5.41, 5.74) is 1.30. The van der Waals surface area contributed by atoms with Crippen LogP contribution in [0.1, 0.15) is 18.4 Å². The van der Waals surface area contributed by atoms with Gasteiger partial charge in [-0.25, -0.2) is 0 Å². The van der Waals surface area contributed by atoms with Gasteiger partial charge >= 0.3 is 23.1 Å². The van der Waals surface area contributed by atoms with Gasteiger partial charge in [0.1, 0.15) is 0 Å². The van der Waals surface area contributed by atoms with Gasteiger partial charge in [0.15, 0.2) is 0 Å². The summed E-state index contributed by atoms with van der Waals surface area (Å²) < 4.78 is 0. The van der Waals surface area contributed by atoms with Crippen molar-refractivity contribution in [2.24, 2.45) is 0 Å². The van der Waals surface area contributed by atoms with Gasteiger partial charge in [-0.1, -0.05) is 42.8 Å². The second-order valence-corrected chi connectivity index (χ2v) is 2.31. The van der Waals surface area contributed by atoms with Gasteiger partial charge in [0, 0.05) is 0 Å². The predicted octanol–water partition coefficient (Wildman–Crippen LogP) is -0.753. The molecule has 0 bridgehead atoms. The van der Waals surface area contributed by atoms with Crippen LogP contribution in [0, 0.1) is 6.92 Å². The largest absolute Gasteiger partial charge is 2.00 e. The zero-order chi connectivity index (χ0) is 6.69. The Balaban J connectivity index is 0. The molecule has 1 aromatic rings. The summed E-state index contributed by atoms with van der Waals surface area (Å²) in [7, 11) is 0. The number of halogens is 1. The molecule has 0 unspecified atom stereocenters. The van der Waals surface area contributed by atoms with Gasteiger partial charge in [-0.2, -0.15) is 0 Å². The molecule has 0 amide bonds. The molecule has 2 heteroatoms. The number of hydrogen-bond acceptors (Lipinski definition) is 0. The summed E-state index contributed by atoms with van der Waals surface area (Å²) in [5, 5.41) is 0. The molecule has 1 rings (SSSR count). The monoisotopic (exact) mass is 222 g/mol. The van der Waals surface area contributed by atoms with E-state index < -0.39 is 0 Å². The van der Waals surface area contributed by atoms with Crippen LogP contribution in [-0.4, -0.2) is 23.1 Å². The normalized spacial score (nSPS) is 10.7. The smallest absolute Gasteiger partial charge is 1.00 e. The molecule has 0 saturated heterocycles. The maximum absolute atomic E-state index is 3.91. The maximum atomic E-state index is 3.91. The van der Waals surface area contributed by atoms with Crippen molar-refractivity contribution < 1.29 is 17.0 Å². The Labute approximate surface area is 95.3 Å². The molecule has 0 N–H and O–H groups in total. The van der Waals surface area contributed by atoms with Gasteiger partial charge in [0.25, 0.3) is 0 Å². The third kappa shape index (κ3) is 4.83. The average Bonchev–Trinajstić information content (AvgIpc) is 1.90. The van der Waals surface area contributed by atoms with E-state index in [1.165, 1.54) is 5.56 Å². The SMILES string of the molecule is [Br-].[CH2-][C@@H](C)c1ccccc1.[Mg+2]. The third-order valence-electron chi connectivity index (χ3n) is 1.37. The van der Waals surface area contributed by atoms with Gasteiger partial charge in [-0.15, -0.1) is 5.92 Å². The second kappa shape index (κ2) is 7.13. The molecule has 0 aromatic heterocycles. The van der Waals surface area contributed by atoms with Gasteiger partial charge in [-0.05, 0) is 0 Å². The van der Waals surface area contributed by atoms with E-state index in [0.29, 0.717) is 5.92 Å². The molecule has 56 valence electrons. The van der Waals surface area contributed by atoms with E-state index in [2.05, 4.69) is 26.0 Å². The third-order valence-corrected chi connectivity index (χ3v) is 1.37. The fraction of sp³-hybridized carbons (Fsp3) is 0.222. The van der Waals surface area contributed by atoms with Crippen LogP contribution in [0.3, 0.4) is 0 Å². The molecule has 11 heavy (non-hydrogen) atoms. The van der Waals surface area contributed by atoms with Crippen molar-refractivity contribution in [2.45, 2.75) is 12.8 Å². The first-order valence-corrected chi connectivity index (χ1v) is 3.18. The molecule has 1 aromatic carbocycles. The maximum Gasteiger partial charge on any atom is 2.00 e. The molecule has 0 nitrogen and oxygen atoms in total. The van der Waals surface area contributed by atoms with Crippen LogP contribution < -0.4 is 17.0 Å². The van der Waals surface area contributed by atoms with E-state index in [1.54, 1.807) is 0 Å². The Hall–Kier alpha value is 0.466. The van der Waals surface area contributed by atoms with E-state index in [1.807, 2.05) is 18.2 Å². The van der Waals surface area contributed by atoms with Crippen molar-refractivity contribution in [3.05, 3.63) is 42.8 Å². The van der Waals surface area contributed by atoms with Crippen molar-refractivity contribution >= 4 is 23.1 Å². The van der Waals surface area contributed by atoms with Crippen molar-refractivity contribution in [2.75, 3.05) is 0 Å². The molecule has 0 spiro atoms. The summed E-state index contributed by atoms with van der Waals surface area (Å²) in [6, 6.07) is 10.3. The van der Waals surface area contributed by atoms with Gasteiger partial charge in [-0.3, -0.25) is 0 Å². The van der Waals surface area contributed by atoms with Crippen LogP contribution in [0.15, 0.2) is 30.3 Å². The van der Waals surface area contributed by atoms with E-state index in [-0.39, 0.29) is 40.0 Å². The summed E-state index contributed by atoms with van der Waals surface area (Å²) in [6.45, 7) is 6.00. The minimum Gasteiger partial charge on any atom is -1.00 e. The Morgan fingerprint density at radius 2 is 1.64 bits per heavy atom. The molecule has 0 saturated carbocycles. The van der Waals surface area contributed by atoms with Gasteiger partial charge in [0.2, 0.25) is 0 Å². The summed E-state index contributed by atoms with van der Waals surface area (Å²) in [4.78, 5) is 0. The zero-order valence-corrected chi connectivity index (χ0v) is 9.76. The molecule has 1 atom stereocenters. The summed E-state index contributed by atoms with van der Waals surface area (Å²) in [5.74, 6) is 0.409. The van der Waals surface area contributed by atoms with Crippen LogP contribution in [-0.2, 0) is 0 Å². The van der Waals surface area contributed by atoms with Crippen molar-refractivity contribution in [1.29, 1.82) is 0 Å². The Kier molecular flexibility index (Phi) is 9.09. The van der Waals surface area contributed by atoms with Gasteiger partial charge in [0.05, 0.1) is 0 Å². The summed E-state index contributed by atoms with van der Waals surface area (Å²) >= 11 is 0. The van der Waals surface area contributed by atoms with Crippen LogP contribution >= 0.6 is 0 Å². The topological polar surface area (TPSA) is 0 Å². The van der Waals surface area contributed by atoms with E-state index in [9.17, 15) is 0 Å². The zero-order valence-electron chi connectivity index (χ0n) is 6.76. The van der Waals surface area contributed by atoms with Gasteiger partial charge < -0.3 is 23.9 Å². The predicted molar refractivity (Wildman–Crippen MR) is 46.0 cm³/mol. The van der Waals surface area contributed by atoms with E-state index >= 15 is 0 Å². The van der Waals surface area contributed by atoms with Crippen LogP contribution in [0.2, 0.25) is 0 Å². The fourth-order valence-corrected chi connectivity index (χ4v) is 0.782. The van der Waals surface area contributed by atoms with Crippen molar-refractivity contribution in [1.82, 2.24) is 0 Å². The molecule has 0 heterocycles. The summed E-state index contributed by atoms with van der Waals surface area (Å²) in [6.07, 6.45) is 0. The van der Waals surface area contributed by atoms with E-state index in [0.717, 1.165) is 0 Å². The molecular formula is C9H11BrMg. The minimum atomic E-state index is 0. The first-order valence-electron chi connectivity index (χ1n) is 3.18. The molecule has 0 aliphatic rings. The number of hydrogen-bond donors (Lipinski definition) is 0. The minimum absolute atomic E-state index is 0. The van der Waals surface area contributed by atoms with Crippen LogP contribution in [0.25, 0.3) is 0 Å². The molecule has 0 aliphatic carbocycles. The standard InChI is InChI=1S/C9H11.BrH.Mg/c1-8(2)9-6-4-3-5-7-9;;/h3-8H,1H2,2H3;1H;/q-1;;+2/p-1/t8-;;/m0../s1. The first kappa shape index (κ1) is 14.0. The molecule has 0 aliphatic heterocycles. The fourth-order valence-electron chi connectivity index (χ4n) is 0.782. The second-order valence-electron chi connectivity index (χ2n) is 2.31. The molecule has 0 fully saturated rings. The quantitative estimate of drug-likeness (QED) is 0.434. The number of rotatable bonds is 1. The van der Waals surface area contributed by atoms with Crippen molar-refractivity contribution in [3.63, 3.8) is 0 Å². The average molecular weight is 223 g/mol.